The number of fused-ring (bicyclic) bond motifs is 1. The van der Waals surface area contributed by atoms with Crippen LogP contribution >= 0.6 is 0 Å². The normalized spacial score (nSPS) is 11.0. The molecule has 0 atom stereocenters. The van der Waals surface area contributed by atoms with Crippen molar-refractivity contribution >= 4 is 22.7 Å². The summed E-state index contributed by atoms with van der Waals surface area (Å²) in [6.45, 7) is 0.712. The number of anilines is 2. The van der Waals surface area contributed by atoms with Gasteiger partial charge in [0.15, 0.2) is 0 Å². The fraction of sp³-hybridized carbons (Fsp3) is 0.167. The Balaban J connectivity index is 1.64. The third-order valence-electron chi connectivity index (χ3n) is 3.95. The summed E-state index contributed by atoms with van der Waals surface area (Å²) in [4.78, 5) is 9.02. The summed E-state index contributed by atoms with van der Waals surface area (Å²) >= 11 is 0. The Kier molecular flexibility index (Phi) is 3.81. The first kappa shape index (κ1) is 15.2. The van der Waals surface area contributed by atoms with E-state index in [2.05, 4.69) is 31.0 Å². The summed E-state index contributed by atoms with van der Waals surface area (Å²) in [5.41, 5.74) is 2.88. The smallest absolute Gasteiger partial charge is 0.229 e. The molecule has 25 heavy (non-hydrogen) atoms. The lowest BCUT2D eigenvalue weighted by Gasteiger charge is -2.08. The average molecular weight is 334 g/mol. The van der Waals surface area contributed by atoms with Crippen molar-refractivity contribution < 1.29 is 4.74 Å². The van der Waals surface area contributed by atoms with E-state index in [1.807, 2.05) is 49.9 Å². The van der Waals surface area contributed by atoms with Crippen LogP contribution in [0, 0.1) is 0 Å². The topological polar surface area (TPSA) is 69.8 Å². The predicted octanol–water partition coefficient (Wildman–Crippen LogP) is 2.97. The Morgan fingerprint density at radius 3 is 2.92 bits per heavy atom. The first-order valence-electron chi connectivity index (χ1n) is 7.92. The van der Waals surface area contributed by atoms with Gasteiger partial charge >= 0.3 is 0 Å². The quantitative estimate of drug-likeness (QED) is 0.608. The first-order chi connectivity index (χ1) is 12.2. The number of aromatic nitrogens is 5. The number of hydrogen-bond acceptors (Lipinski definition) is 5. The molecule has 0 spiro atoms. The van der Waals surface area contributed by atoms with Crippen molar-refractivity contribution in [3.05, 3.63) is 60.7 Å². The van der Waals surface area contributed by atoms with Crippen LogP contribution in [0.25, 0.3) is 11.0 Å². The van der Waals surface area contributed by atoms with Gasteiger partial charge in [0.25, 0.3) is 0 Å². The lowest BCUT2D eigenvalue weighted by atomic mass is 10.2. The van der Waals surface area contributed by atoms with E-state index in [-0.39, 0.29) is 0 Å². The summed E-state index contributed by atoms with van der Waals surface area (Å²) in [5, 5.41) is 8.31. The van der Waals surface area contributed by atoms with E-state index >= 15 is 0 Å². The van der Waals surface area contributed by atoms with Gasteiger partial charge in [-0.25, -0.2) is 4.98 Å². The zero-order chi connectivity index (χ0) is 17.2. The van der Waals surface area contributed by atoms with Crippen molar-refractivity contribution in [2.45, 2.75) is 6.54 Å². The molecule has 0 aliphatic carbocycles. The maximum atomic E-state index is 5.30. The molecule has 0 radical (unpaired) electrons. The average Bonchev–Trinajstić information content (AvgIpc) is 3.21. The van der Waals surface area contributed by atoms with Gasteiger partial charge in [0.2, 0.25) is 5.95 Å². The van der Waals surface area contributed by atoms with Gasteiger partial charge in [-0.2, -0.15) is 10.1 Å². The van der Waals surface area contributed by atoms with E-state index in [9.17, 15) is 0 Å². The van der Waals surface area contributed by atoms with Crippen molar-refractivity contribution in [1.82, 2.24) is 24.3 Å². The SMILES string of the molecule is COc1cccc(Cn2ccc3cnc(Nc4cnn(C)c4)nc32)c1. The largest absolute Gasteiger partial charge is 0.497 e. The van der Waals surface area contributed by atoms with E-state index < -0.39 is 0 Å². The van der Waals surface area contributed by atoms with Gasteiger partial charge in [0, 0.05) is 37.6 Å². The van der Waals surface area contributed by atoms with Gasteiger partial charge in [-0.1, -0.05) is 12.1 Å². The number of aryl methyl sites for hydroxylation is 1. The van der Waals surface area contributed by atoms with Crippen molar-refractivity contribution in [2.75, 3.05) is 12.4 Å². The highest BCUT2D eigenvalue weighted by Crippen LogP contribution is 2.20. The van der Waals surface area contributed by atoms with Gasteiger partial charge in [0.05, 0.1) is 19.0 Å². The van der Waals surface area contributed by atoms with Crippen LogP contribution in [0.1, 0.15) is 5.56 Å². The van der Waals surface area contributed by atoms with Crippen molar-refractivity contribution in [1.29, 1.82) is 0 Å². The Bertz CT molecular complexity index is 1020. The molecule has 3 aromatic heterocycles. The molecule has 1 aromatic carbocycles. The molecule has 0 amide bonds. The third kappa shape index (κ3) is 3.16. The summed E-state index contributed by atoms with van der Waals surface area (Å²) in [6, 6.07) is 10.1. The number of benzene rings is 1. The van der Waals surface area contributed by atoms with Crippen LogP contribution in [-0.2, 0) is 13.6 Å². The number of ether oxygens (including phenoxy) is 1. The highest BCUT2D eigenvalue weighted by molar-refractivity contribution is 5.76. The minimum Gasteiger partial charge on any atom is -0.497 e. The molecule has 126 valence electrons. The highest BCUT2D eigenvalue weighted by atomic mass is 16.5. The minimum atomic E-state index is 0.547. The Hall–Kier alpha value is -3.35. The van der Waals surface area contributed by atoms with Crippen LogP contribution in [0.15, 0.2) is 55.1 Å². The predicted molar refractivity (Wildman–Crippen MR) is 96.1 cm³/mol. The molecule has 7 heteroatoms. The van der Waals surface area contributed by atoms with Crippen LogP contribution in [0.3, 0.4) is 0 Å². The number of rotatable bonds is 5. The van der Waals surface area contributed by atoms with Gasteiger partial charge in [-0.15, -0.1) is 0 Å². The number of hydrogen-bond donors (Lipinski definition) is 1. The van der Waals surface area contributed by atoms with Gasteiger partial charge in [0.1, 0.15) is 11.4 Å². The molecule has 3 heterocycles. The van der Waals surface area contributed by atoms with Crippen molar-refractivity contribution in [3.8, 4) is 5.75 Å². The number of nitrogens with one attached hydrogen (secondary N) is 1. The van der Waals surface area contributed by atoms with Crippen molar-refractivity contribution in [3.63, 3.8) is 0 Å². The maximum absolute atomic E-state index is 5.30. The summed E-state index contributed by atoms with van der Waals surface area (Å²) in [5.74, 6) is 1.40. The highest BCUT2D eigenvalue weighted by Gasteiger charge is 2.07. The molecule has 0 saturated carbocycles. The van der Waals surface area contributed by atoms with Gasteiger partial charge in [-0.3, -0.25) is 4.68 Å². The van der Waals surface area contributed by atoms with E-state index in [4.69, 9.17) is 4.74 Å². The Morgan fingerprint density at radius 1 is 1.20 bits per heavy atom. The monoisotopic (exact) mass is 334 g/mol. The van der Waals surface area contributed by atoms with E-state index in [1.165, 1.54) is 0 Å². The summed E-state index contributed by atoms with van der Waals surface area (Å²) in [7, 11) is 3.54. The van der Waals surface area contributed by atoms with Crippen LogP contribution in [-0.4, -0.2) is 31.4 Å². The molecule has 0 fully saturated rings. The van der Waals surface area contributed by atoms with E-state index in [1.54, 1.807) is 18.0 Å². The summed E-state index contributed by atoms with van der Waals surface area (Å²) < 4.78 is 9.12. The molecular weight excluding hydrogens is 316 g/mol. The standard InChI is InChI=1S/C18H18N6O/c1-23-12-15(10-20-23)21-18-19-9-14-6-7-24(17(14)22-18)11-13-4-3-5-16(8-13)25-2/h3-10,12H,11H2,1-2H3,(H,19,21,22). The third-order valence-corrected chi connectivity index (χ3v) is 3.95. The molecule has 0 unspecified atom stereocenters. The lowest BCUT2D eigenvalue weighted by molar-refractivity contribution is 0.414. The van der Waals surface area contributed by atoms with Crippen LogP contribution < -0.4 is 10.1 Å². The van der Waals surface area contributed by atoms with Gasteiger partial charge < -0.3 is 14.6 Å². The fourth-order valence-corrected chi connectivity index (χ4v) is 2.74. The molecule has 1 N–H and O–H groups in total. The maximum Gasteiger partial charge on any atom is 0.229 e. The van der Waals surface area contributed by atoms with Crippen LogP contribution in [0.2, 0.25) is 0 Å². The molecule has 0 saturated heterocycles. The molecular formula is C18H18N6O. The second kappa shape index (κ2) is 6.27. The van der Waals surface area contributed by atoms with E-state index in [0.717, 1.165) is 28.0 Å². The zero-order valence-electron chi connectivity index (χ0n) is 14.0. The second-order valence-corrected chi connectivity index (χ2v) is 5.80. The second-order valence-electron chi connectivity index (χ2n) is 5.80. The molecule has 7 nitrogen and oxygen atoms in total. The van der Waals surface area contributed by atoms with Gasteiger partial charge in [-0.05, 0) is 23.8 Å². The molecule has 0 aliphatic heterocycles. The Labute approximate surface area is 144 Å². The minimum absolute atomic E-state index is 0.547. The van der Waals surface area contributed by atoms with Crippen LogP contribution in [0.4, 0.5) is 11.6 Å². The molecule has 4 rings (SSSR count). The molecule has 0 bridgehead atoms. The van der Waals surface area contributed by atoms with E-state index in [0.29, 0.717) is 12.5 Å². The lowest BCUT2D eigenvalue weighted by Crippen LogP contribution is -2.02. The summed E-state index contributed by atoms with van der Waals surface area (Å²) in [6.07, 6.45) is 7.46. The van der Waals surface area contributed by atoms with Crippen LogP contribution in [0.5, 0.6) is 5.75 Å². The number of methoxy groups -OCH3 is 1. The number of nitrogens with zero attached hydrogens (tertiary/aromatic N) is 5. The first-order valence-corrected chi connectivity index (χ1v) is 7.92. The Morgan fingerprint density at radius 2 is 2.12 bits per heavy atom. The molecule has 0 aliphatic rings. The fourth-order valence-electron chi connectivity index (χ4n) is 2.74. The zero-order valence-corrected chi connectivity index (χ0v) is 14.0. The van der Waals surface area contributed by atoms with Crippen molar-refractivity contribution in [2.24, 2.45) is 7.05 Å². The molecule has 4 aromatic rings.